The molecular weight excluding hydrogens is 320 g/mol. The molecule has 0 aromatic carbocycles. The van der Waals surface area contributed by atoms with Gasteiger partial charge < -0.3 is 10.4 Å². The van der Waals surface area contributed by atoms with Gasteiger partial charge in [-0.15, -0.1) is 0 Å². The number of amides is 1. The summed E-state index contributed by atoms with van der Waals surface area (Å²) in [6.45, 7) is 6.02. The molecule has 0 bridgehead atoms. The third-order valence-electron chi connectivity index (χ3n) is 4.99. The average Bonchev–Trinajstić information content (AvgIpc) is 2.55. The Balaban J connectivity index is 2.57. The first kappa shape index (κ1) is 19.9. The van der Waals surface area contributed by atoms with Gasteiger partial charge in [0.25, 0.3) is 0 Å². The molecule has 8 heteroatoms. The summed E-state index contributed by atoms with van der Waals surface area (Å²) in [5.74, 6) is -1.26. The number of nitrogens with one attached hydrogen (secondary N) is 1. The van der Waals surface area contributed by atoms with Crippen LogP contribution in [0.4, 0.5) is 0 Å². The molecule has 0 radical (unpaired) electrons. The highest BCUT2D eigenvalue weighted by molar-refractivity contribution is 7.89. The van der Waals surface area contributed by atoms with Crippen LogP contribution in [0.25, 0.3) is 0 Å². The van der Waals surface area contributed by atoms with Crippen molar-refractivity contribution in [3.05, 3.63) is 0 Å². The zero-order valence-electron chi connectivity index (χ0n) is 14.2. The van der Waals surface area contributed by atoms with E-state index in [1.165, 1.54) is 4.31 Å². The Morgan fingerprint density at radius 2 is 1.70 bits per heavy atom. The van der Waals surface area contributed by atoms with Crippen LogP contribution in [-0.2, 0) is 19.6 Å². The lowest BCUT2D eigenvalue weighted by Crippen LogP contribution is -2.47. The molecule has 1 heterocycles. The Hall–Kier alpha value is -1.15. The van der Waals surface area contributed by atoms with E-state index < -0.39 is 21.4 Å². The highest BCUT2D eigenvalue weighted by atomic mass is 32.2. The number of carbonyl (C=O) groups excluding carboxylic acids is 1. The van der Waals surface area contributed by atoms with Crippen LogP contribution in [0.1, 0.15) is 46.5 Å². The Morgan fingerprint density at radius 1 is 1.17 bits per heavy atom. The number of hydrogen-bond acceptors (Lipinski definition) is 4. The molecule has 1 amide bonds. The van der Waals surface area contributed by atoms with Crippen LogP contribution in [-0.4, -0.2) is 55.1 Å². The van der Waals surface area contributed by atoms with Crippen LogP contribution in [0.3, 0.4) is 0 Å². The lowest BCUT2D eigenvalue weighted by Gasteiger charge is -2.32. The summed E-state index contributed by atoms with van der Waals surface area (Å²) < 4.78 is 25.0. The van der Waals surface area contributed by atoms with E-state index in [2.05, 4.69) is 5.32 Å². The molecule has 0 unspecified atom stereocenters. The molecule has 0 aromatic rings. The lowest BCUT2D eigenvalue weighted by atomic mass is 9.82. The number of carboxylic acid groups (broad SMARTS) is 1. The molecule has 0 spiro atoms. The van der Waals surface area contributed by atoms with Gasteiger partial charge in [0.1, 0.15) is 0 Å². The number of nitrogens with zero attached hydrogens (tertiary/aromatic N) is 1. The van der Waals surface area contributed by atoms with Crippen molar-refractivity contribution in [1.82, 2.24) is 9.62 Å². The summed E-state index contributed by atoms with van der Waals surface area (Å²) in [7, 11) is -3.20. The van der Waals surface area contributed by atoms with Crippen LogP contribution in [0.2, 0.25) is 0 Å². The van der Waals surface area contributed by atoms with E-state index >= 15 is 0 Å². The molecule has 134 valence electrons. The van der Waals surface area contributed by atoms with Gasteiger partial charge in [-0.2, -0.15) is 0 Å². The monoisotopic (exact) mass is 348 g/mol. The van der Waals surface area contributed by atoms with Gasteiger partial charge in [-0.1, -0.05) is 13.8 Å². The van der Waals surface area contributed by atoms with Gasteiger partial charge in [0.05, 0.1) is 11.2 Å². The van der Waals surface area contributed by atoms with E-state index in [1.54, 1.807) is 20.8 Å². The second-order valence-corrected chi connectivity index (χ2v) is 8.34. The first-order valence-corrected chi connectivity index (χ1v) is 9.82. The summed E-state index contributed by atoms with van der Waals surface area (Å²) in [4.78, 5) is 23.7. The molecule has 1 fully saturated rings. The fraction of sp³-hybridized carbons (Fsp3) is 0.867. The molecule has 2 N–H and O–H groups in total. The predicted molar refractivity (Wildman–Crippen MR) is 87.4 cm³/mol. The minimum absolute atomic E-state index is 0.0675. The minimum Gasteiger partial charge on any atom is -0.481 e. The summed E-state index contributed by atoms with van der Waals surface area (Å²) >= 11 is 0. The van der Waals surface area contributed by atoms with E-state index in [1.807, 2.05) is 0 Å². The van der Waals surface area contributed by atoms with Crippen molar-refractivity contribution in [3.8, 4) is 0 Å². The van der Waals surface area contributed by atoms with Gasteiger partial charge in [0.2, 0.25) is 15.9 Å². The summed E-state index contributed by atoms with van der Waals surface area (Å²) in [6, 6.07) is 0. The van der Waals surface area contributed by atoms with Crippen LogP contribution < -0.4 is 5.32 Å². The van der Waals surface area contributed by atoms with Gasteiger partial charge in [0, 0.05) is 25.6 Å². The number of piperidine rings is 1. The Labute approximate surface area is 138 Å². The maximum atomic E-state index is 12.3. The summed E-state index contributed by atoms with van der Waals surface area (Å²) in [5, 5.41) is 12.1. The van der Waals surface area contributed by atoms with Crippen LogP contribution in [0, 0.1) is 11.3 Å². The molecule has 0 aliphatic carbocycles. The van der Waals surface area contributed by atoms with Crippen molar-refractivity contribution >= 4 is 21.9 Å². The quantitative estimate of drug-likeness (QED) is 0.682. The normalized spacial score (nSPS) is 17.9. The number of carboxylic acids is 1. The molecule has 0 atom stereocenters. The standard InChI is InChI=1S/C15H28N2O5S/c1-4-15(5-2,14(19)20)11-16-13(18)12-7-9-17(10-8-12)23(21,22)6-3/h12H,4-11H2,1-3H3,(H,16,18)(H,19,20). The molecule has 23 heavy (non-hydrogen) atoms. The third-order valence-corrected chi connectivity index (χ3v) is 6.87. The molecule has 0 saturated carbocycles. The Kier molecular flexibility index (Phi) is 7.01. The first-order valence-electron chi connectivity index (χ1n) is 8.21. The molecule has 7 nitrogen and oxygen atoms in total. The number of sulfonamides is 1. The van der Waals surface area contributed by atoms with Crippen molar-refractivity contribution in [2.24, 2.45) is 11.3 Å². The van der Waals surface area contributed by atoms with Crippen molar-refractivity contribution < 1.29 is 23.1 Å². The van der Waals surface area contributed by atoms with Crippen molar-refractivity contribution in [3.63, 3.8) is 0 Å². The van der Waals surface area contributed by atoms with Crippen molar-refractivity contribution in [2.75, 3.05) is 25.4 Å². The second kappa shape index (κ2) is 8.10. The van der Waals surface area contributed by atoms with E-state index in [0.717, 1.165) is 0 Å². The van der Waals surface area contributed by atoms with Gasteiger partial charge in [-0.25, -0.2) is 12.7 Å². The largest absolute Gasteiger partial charge is 0.481 e. The van der Waals surface area contributed by atoms with Gasteiger partial charge in [-0.3, -0.25) is 9.59 Å². The fourth-order valence-electron chi connectivity index (χ4n) is 2.86. The maximum Gasteiger partial charge on any atom is 0.311 e. The average molecular weight is 348 g/mol. The zero-order valence-corrected chi connectivity index (χ0v) is 15.0. The third kappa shape index (κ3) is 4.67. The Bertz CT molecular complexity index is 520. The minimum atomic E-state index is -3.20. The second-order valence-electron chi connectivity index (χ2n) is 6.08. The molecule has 1 rings (SSSR count). The number of carbonyl (C=O) groups is 2. The summed E-state index contributed by atoms with van der Waals surface area (Å²) in [6.07, 6.45) is 1.85. The van der Waals surface area contributed by atoms with E-state index in [0.29, 0.717) is 38.8 Å². The van der Waals surface area contributed by atoms with Crippen LogP contribution in [0.5, 0.6) is 0 Å². The van der Waals surface area contributed by atoms with Gasteiger partial charge in [-0.05, 0) is 32.6 Å². The van der Waals surface area contributed by atoms with Crippen LogP contribution >= 0.6 is 0 Å². The topological polar surface area (TPSA) is 104 Å². The van der Waals surface area contributed by atoms with Crippen LogP contribution in [0.15, 0.2) is 0 Å². The Morgan fingerprint density at radius 3 is 2.09 bits per heavy atom. The highest BCUT2D eigenvalue weighted by Crippen LogP contribution is 2.26. The lowest BCUT2D eigenvalue weighted by molar-refractivity contribution is -0.149. The van der Waals surface area contributed by atoms with E-state index in [4.69, 9.17) is 0 Å². The van der Waals surface area contributed by atoms with Gasteiger partial charge in [0.15, 0.2) is 0 Å². The number of hydrogen-bond donors (Lipinski definition) is 2. The van der Waals surface area contributed by atoms with Crippen molar-refractivity contribution in [1.29, 1.82) is 0 Å². The molecule has 1 saturated heterocycles. The smallest absolute Gasteiger partial charge is 0.311 e. The first-order chi connectivity index (χ1) is 10.7. The highest BCUT2D eigenvalue weighted by Gasteiger charge is 2.36. The van der Waals surface area contributed by atoms with Crippen molar-refractivity contribution in [2.45, 2.75) is 46.5 Å². The molecule has 0 aromatic heterocycles. The zero-order chi connectivity index (χ0) is 17.7. The molecular formula is C15H28N2O5S. The number of rotatable bonds is 8. The molecule has 1 aliphatic rings. The maximum absolute atomic E-state index is 12.3. The van der Waals surface area contributed by atoms with E-state index in [9.17, 15) is 23.1 Å². The predicted octanol–water partition coefficient (Wildman–Crippen LogP) is 1.06. The molecule has 1 aliphatic heterocycles. The summed E-state index contributed by atoms with van der Waals surface area (Å²) in [5.41, 5.74) is -0.929. The number of aliphatic carboxylic acids is 1. The van der Waals surface area contributed by atoms with E-state index in [-0.39, 0.29) is 24.1 Å². The fourth-order valence-corrected chi connectivity index (χ4v) is 3.99. The van der Waals surface area contributed by atoms with Gasteiger partial charge >= 0.3 is 5.97 Å². The SMILES string of the molecule is CCC(CC)(CNC(=O)C1CCN(S(=O)(=O)CC)CC1)C(=O)O.